The number of rotatable bonds is 5. The topological polar surface area (TPSA) is 123 Å². The summed E-state index contributed by atoms with van der Waals surface area (Å²) in [6.45, 7) is 0. The smallest absolute Gasteiger partial charge is 0.326 e. The van der Waals surface area contributed by atoms with Crippen molar-refractivity contribution in [1.29, 1.82) is 5.26 Å². The number of aromatic nitrogens is 1. The highest BCUT2D eigenvalue weighted by Gasteiger charge is 2.22. The molecule has 0 aliphatic rings. The Kier molecular flexibility index (Phi) is 4.99. The lowest BCUT2D eigenvalue weighted by molar-refractivity contribution is -0.139. The van der Waals surface area contributed by atoms with E-state index in [1.54, 1.807) is 24.3 Å². The molecule has 1 amide bonds. The van der Waals surface area contributed by atoms with E-state index in [1.807, 2.05) is 6.07 Å². The average molecular weight is 361 g/mol. The molecular formula is C20H15N3O4. The van der Waals surface area contributed by atoms with Crippen molar-refractivity contribution >= 4 is 22.8 Å². The second kappa shape index (κ2) is 7.54. The van der Waals surface area contributed by atoms with Gasteiger partial charge < -0.3 is 15.4 Å². The van der Waals surface area contributed by atoms with Crippen LogP contribution in [-0.4, -0.2) is 28.0 Å². The molecule has 1 unspecified atom stereocenters. The molecule has 1 heterocycles. The summed E-state index contributed by atoms with van der Waals surface area (Å²) < 4.78 is 0. The third-order valence-electron chi connectivity index (χ3n) is 4.14. The van der Waals surface area contributed by atoms with Crippen LogP contribution in [0, 0.1) is 11.3 Å². The number of benzene rings is 2. The molecule has 1 atom stereocenters. The lowest BCUT2D eigenvalue weighted by Crippen LogP contribution is -2.42. The van der Waals surface area contributed by atoms with Gasteiger partial charge in [0.2, 0.25) is 5.56 Å². The molecule has 7 heteroatoms. The number of nitrogens with one attached hydrogen (secondary N) is 2. The maximum atomic E-state index is 12.4. The van der Waals surface area contributed by atoms with Crippen LogP contribution >= 0.6 is 0 Å². The fourth-order valence-corrected chi connectivity index (χ4v) is 2.80. The van der Waals surface area contributed by atoms with Gasteiger partial charge in [-0.1, -0.05) is 18.2 Å². The van der Waals surface area contributed by atoms with Gasteiger partial charge in [-0.2, -0.15) is 5.26 Å². The summed E-state index contributed by atoms with van der Waals surface area (Å²) in [4.78, 5) is 38.5. The number of H-pyrrole nitrogens is 1. The number of para-hydroxylation sites is 1. The van der Waals surface area contributed by atoms with Gasteiger partial charge in [0.25, 0.3) is 5.91 Å². The Morgan fingerprint density at radius 3 is 2.52 bits per heavy atom. The molecule has 3 N–H and O–H groups in total. The zero-order valence-corrected chi connectivity index (χ0v) is 14.1. The van der Waals surface area contributed by atoms with Gasteiger partial charge in [-0.3, -0.25) is 9.59 Å². The third-order valence-corrected chi connectivity index (χ3v) is 4.14. The summed E-state index contributed by atoms with van der Waals surface area (Å²) in [5.41, 5.74) is 1.43. The van der Waals surface area contributed by atoms with E-state index in [2.05, 4.69) is 10.3 Å². The molecule has 0 aliphatic heterocycles. The van der Waals surface area contributed by atoms with Crippen LogP contribution < -0.4 is 10.9 Å². The number of carboxylic acid groups (broad SMARTS) is 1. The van der Waals surface area contributed by atoms with Crippen LogP contribution in [0.25, 0.3) is 10.9 Å². The SMILES string of the molecule is N#Cc1ccc(C(=O)NC(Cc2cc(=O)[nH]c3ccccc23)C(=O)O)cc1. The van der Waals surface area contributed by atoms with Crippen LogP contribution in [0.1, 0.15) is 21.5 Å². The first-order valence-corrected chi connectivity index (χ1v) is 8.12. The number of hydrogen-bond acceptors (Lipinski definition) is 4. The number of amides is 1. The first-order chi connectivity index (χ1) is 13.0. The second-order valence-corrected chi connectivity index (χ2v) is 5.96. The minimum atomic E-state index is -1.21. The van der Waals surface area contributed by atoms with E-state index < -0.39 is 17.9 Å². The summed E-state index contributed by atoms with van der Waals surface area (Å²) in [6, 6.07) is 15.0. The molecule has 3 rings (SSSR count). The monoisotopic (exact) mass is 361 g/mol. The zero-order chi connectivity index (χ0) is 19.4. The number of nitrogens with zero attached hydrogens (tertiary/aromatic N) is 1. The van der Waals surface area contributed by atoms with E-state index in [9.17, 15) is 19.5 Å². The summed E-state index contributed by atoms with van der Waals surface area (Å²) in [5.74, 6) is -1.78. The lowest BCUT2D eigenvalue weighted by Gasteiger charge is -2.16. The van der Waals surface area contributed by atoms with Crippen molar-refractivity contribution in [2.24, 2.45) is 0 Å². The van der Waals surface area contributed by atoms with Crippen molar-refractivity contribution in [1.82, 2.24) is 10.3 Å². The van der Waals surface area contributed by atoms with Crippen LogP contribution in [0.15, 0.2) is 59.4 Å². The summed E-state index contributed by atoms with van der Waals surface area (Å²) in [6.07, 6.45) is -0.0399. The summed E-state index contributed by atoms with van der Waals surface area (Å²) >= 11 is 0. The first kappa shape index (κ1) is 17.9. The van der Waals surface area contributed by atoms with Crippen molar-refractivity contribution in [2.75, 3.05) is 0 Å². The van der Waals surface area contributed by atoms with E-state index in [-0.39, 0.29) is 17.5 Å². The number of aliphatic carboxylic acids is 1. The summed E-state index contributed by atoms with van der Waals surface area (Å²) in [7, 11) is 0. The maximum Gasteiger partial charge on any atom is 0.326 e. The highest BCUT2D eigenvalue weighted by atomic mass is 16.4. The fraction of sp³-hybridized carbons (Fsp3) is 0.100. The molecular weight excluding hydrogens is 346 g/mol. The molecule has 1 aromatic heterocycles. The number of fused-ring (bicyclic) bond motifs is 1. The predicted octanol–water partition coefficient (Wildman–Crippen LogP) is 1.83. The molecule has 27 heavy (non-hydrogen) atoms. The average Bonchev–Trinajstić information content (AvgIpc) is 2.67. The Bertz CT molecular complexity index is 1110. The van der Waals surface area contributed by atoms with Gasteiger partial charge in [0.1, 0.15) is 6.04 Å². The van der Waals surface area contributed by atoms with Crippen molar-refractivity contribution in [3.05, 3.63) is 81.6 Å². The van der Waals surface area contributed by atoms with Crippen LogP contribution in [0.3, 0.4) is 0 Å². The molecule has 0 bridgehead atoms. The van der Waals surface area contributed by atoms with E-state index >= 15 is 0 Å². The van der Waals surface area contributed by atoms with Gasteiger partial charge in [-0.25, -0.2) is 4.79 Å². The van der Waals surface area contributed by atoms with Gasteiger partial charge in [-0.15, -0.1) is 0 Å². The molecule has 134 valence electrons. The van der Waals surface area contributed by atoms with Crippen LogP contribution in [0.2, 0.25) is 0 Å². The van der Waals surface area contributed by atoms with Crippen LogP contribution in [-0.2, 0) is 11.2 Å². The van der Waals surface area contributed by atoms with E-state index in [4.69, 9.17) is 5.26 Å². The van der Waals surface area contributed by atoms with Crippen molar-refractivity contribution in [3.63, 3.8) is 0 Å². The van der Waals surface area contributed by atoms with Crippen LogP contribution in [0.4, 0.5) is 0 Å². The summed E-state index contributed by atoms with van der Waals surface area (Å²) in [5, 5.41) is 21.5. The molecule has 0 spiro atoms. The van der Waals surface area contributed by atoms with Crippen molar-refractivity contribution < 1.29 is 14.7 Å². The van der Waals surface area contributed by atoms with Gasteiger partial charge in [-0.05, 0) is 35.9 Å². The molecule has 0 fully saturated rings. The van der Waals surface area contributed by atoms with Gasteiger partial charge in [0.15, 0.2) is 0 Å². The van der Waals surface area contributed by atoms with E-state index in [0.29, 0.717) is 16.6 Å². The Morgan fingerprint density at radius 2 is 1.85 bits per heavy atom. The Hall–Kier alpha value is -3.92. The standard InChI is InChI=1S/C20H15N3O4/c21-11-12-5-7-13(8-6-12)19(25)23-17(20(26)27)9-14-10-18(24)22-16-4-2-1-3-15(14)16/h1-8,10,17H,9H2,(H,22,24)(H,23,25)(H,26,27). The number of hydrogen-bond donors (Lipinski definition) is 3. The molecule has 0 radical (unpaired) electrons. The minimum Gasteiger partial charge on any atom is -0.480 e. The Morgan fingerprint density at radius 1 is 1.15 bits per heavy atom. The highest BCUT2D eigenvalue weighted by molar-refractivity contribution is 5.97. The fourth-order valence-electron chi connectivity index (χ4n) is 2.80. The number of pyridine rings is 1. The quantitative estimate of drug-likeness (QED) is 0.640. The van der Waals surface area contributed by atoms with Gasteiger partial charge in [0.05, 0.1) is 11.6 Å². The lowest BCUT2D eigenvalue weighted by atomic mass is 10.0. The Balaban J connectivity index is 1.86. The van der Waals surface area contributed by atoms with Crippen molar-refractivity contribution in [3.8, 4) is 6.07 Å². The third kappa shape index (κ3) is 4.02. The molecule has 0 saturated carbocycles. The van der Waals surface area contributed by atoms with E-state index in [1.165, 1.54) is 30.3 Å². The largest absolute Gasteiger partial charge is 0.480 e. The van der Waals surface area contributed by atoms with Gasteiger partial charge >= 0.3 is 5.97 Å². The number of nitriles is 1. The Labute approximate surface area is 153 Å². The number of carbonyl (C=O) groups excluding carboxylic acids is 1. The molecule has 0 aliphatic carbocycles. The second-order valence-electron chi connectivity index (χ2n) is 5.96. The molecule has 3 aromatic rings. The van der Waals surface area contributed by atoms with Gasteiger partial charge in [0, 0.05) is 29.0 Å². The van der Waals surface area contributed by atoms with Crippen molar-refractivity contribution in [2.45, 2.75) is 12.5 Å². The number of aromatic amines is 1. The minimum absolute atomic E-state index is 0.0399. The molecule has 7 nitrogen and oxygen atoms in total. The maximum absolute atomic E-state index is 12.4. The number of carboxylic acids is 1. The predicted molar refractivity (Wildman–Crippen MR) is 98.3 cm³/mol. The van der Waals surface area contributed by atoms with Crippen LogP contribution in [0.5, 0.6) is 0 Å². The number of carbonyl (C=O) groups is 2. The molecule has 0 saturated heterocycles. The molecule has 2 aromatic carbocycles. The zero-order valence-electron chi connectivity index (χ0n) is 14.1. The van der Waals surface area contributed by atoms with E-state index in [0.717, 1.165) is 5.39 Å². The highest BCUT2D eigenvalue weighted by Crippen LogP contribution is 2.16. The first-order valence-electron chi connectivity index (χ1n) is 8.12. The normalized spacial score (nSPS) is 11.5.